The van der Waals surface area contributed by atoms with Gasteiger partial charge in [0.2, 0.25) is 0 Å². The van der Waals surface area contributed by atoms with Crippen LogP contribution in [0.1, 0.15) is 24.0 Å². The third-order valence-electron chi connectivity index (χ3n) is 4.50. The van der Waals surface area contributed by atoms with Gasteiger partial charge in [0.15, 0.2) is 0 Å². The Labute approximate surface area is 144 Å². The molecule has 2 aromatic rings. The zero-order valence-corrected chi connectivity index (χ0v) is 15.5. The number of methoxy groups -OCH3 is 4. The molecule has 0 aromatic heterocycles. The lowest BCUT2D eigenvalue weighted by atomic mass is 9.86. The molecule has 0 aliphatic heterocycles. The Morgan fingerprint density at radius 2 is 1.26 bits per heavy atom. The van der Waals surface area contributed by atoms with Crippen LogP contribution in [0.4, 0.5) is 0 Å². The van der Waals surface area contributed by atoms with Gasteiger partial charge < -0.3 is 18.9 Å². The van der Waals surface area contributed by atoms with Crippen molar-refractivity contribution in [3.63, 3.8) is 0 Å². The number of ether oxygens (including phenoxy) is 4. The first-order valence-corrected chi connectivity index (χ1v) is 8.47. The fourth-order valence-corrected chi connectivity index (χ4v) is 4.14. The third kappa shape index (κ3) is 2.42. The lowest BCUT2D eigenvalue weighted by Crippen LogP contribution is -2.09. The maximum atomic E-state index is 5.81. The van der Waals surface area contributed by atoms with Gasteiger partial charge in [-0.05, 0) is 47.7 Å². The van der Waals surface area contributed by atoms with Crippen molar-refractivity contribution in [2.75, 3.05) is 28.4 Å². The van der Waals surface area contributed by atoms with Crippen molar-refractivity contribution in [2.45, 2.75) is 25.7 Å². The third-order valence-corrected chi connectivity index (χ3v) is 5.09. The maximum absolute atomic E-state index is 5.81. The average molecular weight is 381 g/mol. The Morgan fingerprint density at radius 1 is 0.739 bits per heavy atom. The second-order valence-electron chi connectivity index (χ2n) is 5.57. The molecule has 2 aromatic carbocycles. The summed E-state index contributed by atoms with van der Waals surface area (Å²) in [5.41, 5.74) is 2.45. The number of hydrogen-bond donors (Lipinski definition) is 0. The van der Waals surface area contributed by atoms with Crippen molar-refractivity contribution in [1.82, 2.24) is 0 Å². The monoisotopic (exact) mass is 380 g/mol. The molecule has 0 fully saturated rings. The molecule has 0 N–H and O–H groups in total. The molecule has 1 aliphatic carbocycles. The van der Waals surface area contributed by atoms with Crippen LogP contribution in [-0.4, -0.2) is 28.4 Å². The molecule has 1 aliphatic rings. The topological polar surface area (TPSA) is 36.9 Å². The van der Waals surface area contributed by atoms with Crippen molar-refractivity contribution in [3.05, 3.63) is 21.7 Å². The fourth-order valence-electron chi connectivity index (χ4n) is 3.57. The van der Waals surface area contributed by atoms with Crippen LogP contribution in [0.5, 0.6) is 23.0 Å². The van der Waals surface area contributed by atoms with Crippen LogP contribution in [0.25, 0.3) is 10.8 Å². The molecule has 0 atom stereocenters. The van der Waals surface area contributed by atoms with E-state index < -0.39 is 0 Å². The molecular weight excluding hydrogens is 360 g/mol. The summed E-state index contributed by atoms with van der Waals surface area (Å²) in [6, 6.07) is 1.92. The molecular formula is C18H21BrO4. The largest absolute Gasteiger partial charge is 0.496 e. The Kier molecular flexibility index (Phi) is 4.57. The summed E-state index contributed by atoms with van der Waals surface area (Å²) in [7, 11) is 6.75. The molecule has 23 heavy (non-hydrogen) atoms. The molecule has 4 nitrogen and oxygen atoms in total. The van der Waals surface area contributed by atoms with Crippen LogP contribution in [0.2, 0.25) is 0 Å². The maximum Gasteiger partial charge on any atom is 0.145 e. The normalized spacial score (nSPS) is 13.6. The van der Waals surface area contributed by atoms with Crippen molar-refractivity contribution >= 4 is 26.7 Å². The Bertz CT molecular complexity index is 755. The number of benzene rings is 2. The molecule has 3 rings (SSSR count). The predicted octanol–water partition coefficient (Wildman–Crippen LogP) is 4.52. The van der Waals surface area contributed by atoms with Gasteiger partial charge in [0.05, 0.1) is 43.7 Å². The van der Waals surface area contributed by atoms with E-state index in [1.54, 1.807) is 28.4 Å². The van der Waals surface area contributed by atoms with Gasteiger partial charge in [-0.3, -0.25) is 0 Å². The molecule has 0 radical (unpaired) electrons. The Hall–Kier alpha value is -1.62. The average Bonchev–Trinajstić information content (AvgIpc) is 2.59. The summed E-state index contributed by atoms with van der Waals surface area (Å²) in [5.74, 6) is 3.23. The highest BCUT2D eigenvalue weighted by Crippen LogP contribution is 2.52. The molecule has 0 heterocycles. The van der Waals surface area contributed by atoms with E-state index in [0.29, 0.717) is 0 Å². The van der Waals surface area contributed by atoms with Crippen LogP contribution in [0, 0.1) is 0 Å². The van der Waals surface area contributed by atoms with E-state index >= 15 is 0 Å². The van der Waals surface area contributed by atoms with Gasteiger partial charge in [-0.25, -0.2) is 0 Å². The fraction of sp³-hybridized carbons (Fsp3) is 0.444. The van der Waals surface area contributed by atoms with Gasteiger partial charge in [-0.1, -0.05) is 0 Å². The van der Waals surface area contributed by atoms with Crippen molar-refractivity contribution in [1.29, 1.82) is 0 Å². The van der Waals surface area contributed by atoms with Crippen LogP contribution in [0.15, 0.2) is 10.5 Å². The van der Waals surface area contributed by atoms with E-state index in [0.717, 1.165) is 63.9 Å². The second kappa shape index (κ2) is 6.48. The van der Waals surface area contributed by atoms with E-state index in [-0.39, 0.29) is 0 Å². The zero-order chi connectivity index (χ0) is 16.6. The standard InChI is InChI=1S/C18H21BrO4/c1-20-13-9-12(19)18(23-4)15-14(13)16(21-2)10-7-5-6-8-11(10)17(15)22-3/h9H,5-8H2,1-4H3. The molecule has 0 bridgehead atoms. The number of fused-ring (bicyclic) bond motifs is 2. The number of rotatable bonds is 4. The van der Waals surface area contributed by atoms with Crippen molar-refractivity contribution < 1.29 is 18.9 Å². The first-order chi connectivity index (χ1) is 11.2. The van der Waals surface area contributed by atoms with Gasteiger partial charge in [0.1, 0.15) is 23.0 Å². The molecule has 5 heteroatoms. The minimum atomic E-state index is 0.740. The van der Waals surface area contributed by atoms with Crippen LogP contribution in [-0.2, 0) is 12.8 Å². The van der Waals surface area contributed by atoms with E-state index in [4.69, 9.17) is 18.9 Å². The predicted molar refractivity (Wildman–Crippen MR) is 94.5 cm³/mol. The highest BCUT2D eigenvalue weighted by molar-refractivity contribution is 9.10. The molecule has 0 unspecified atom stereocenters. The molecule has 0 amide bonds. The van der Waals surface area contributed by atoms with E-state index in [9.17, 15) is 0 Å². The lowest BCUT2D eigenvalue weighted by Gasteiger charge is -2.26. The van der Waals surface area contributed by atoms with E-state index in [1.807, 2.05) is 6.07 Å². The second-order valence-corrected chi connectivity index (χ2v) is 6.43. The summed E-state index contributed by atoms with van der Waals surface area (Å²) >= 11 is 3.57. The lowest BCUT2D eigenvalue weighted by molar-refractivity contribution is 0.383. The number of halogens is 1. The van der Waals surface area contributed by atoms with Crippen molar-refractivity contribution in [2.24, 2.45) is 0 Å². The van der Waals surface area contributed by atoms with Gasteiger partial charge in [0.25, 0.3) is 0 Å². The van der Waals surface area contributed by atoms with E-state index in [2.05, 4.69) is 15.9 Å². The molecule has 124 valence electrons. The van der Waals surface area contributed by atoms with Crippen LogP contribution < -0.4 is 18.9 Å². The Balaban J connectivity index is 2.56. The van der Waals surface area contributed by atoms with Gasteiger partial charge in [-0.15, -0.1) is 0 Å². The first-order valence-electron chi connectivity index (χ1n) is 7.67. The first kappa shape index (κ1) is 16.2. The number of hydrogen-bond acceptors (Lipinski definition) is 4. The van der Waals surface area contributed by atoms with Gasteiger partial charge >= 0.3 is 0 Å². The summed E-state index contributed by atoms with van der Waals surface area (Å²) in [6.45, 7) is 0. The smallest absolute Gasteiger partial charge is 0.145 e. The van der Waals surface area contributed by atoms with Crippen LogP contribution in [0.3, 0.4) is 0 Å². The minimum absolute atomic E-state index is 0.740. The molecule has 0 saturated carbocycles. The Morgan fingerprint density at radius 3 is 1.74 bits per heavy atom. The highest BCUT2D eigenvalue weighted by atomic mass is 79.9. The molecule has 0 spiro atoms. The SMILES string of the molecule is COc1cc(Br)c(OC)c2c(OC)c3c(c(OC)c12)CCCC3. The van der Waals surface area contributed by atoms with Crippen molar-refractivity contribution in [3.8, 4) is 23.0 Å². The van der Waals surface area contributed by atoms with Crippen LogP contribution >= 0.6 is 15.9 Å². The van der Waals surface area contributed by atoms with Gasteiger partial charge in [0, 0.05) is 11.1 Å². The summed E-state index contributed by atoms with van der Waals surface area (Å²) in [5, 5.41) is 1.81. The summed E-state index contributed by atoms with van der Waals surface area (Å²) in [6.07, 6.45) is 4.30. The van der Waals surface area contributed by atoms with E-state index in [1.165, 1.54) is 11.1 Å². The van der Waals surface area contributed by atoms with Gasteiger partial charge in [-0.2, -0.15) is 0 Å². The minimum Gasteiger partial charge on any atom is -0.496 e. The summed E-state index contributed by atoms with van der Waals surface area (Å²) in [4.78, 5) is 0. The quantitative estimate of drug-likeness (QED) is 0.781. The molecule has 0 saturated heterocycles. The summed E-state index contributed by atoms with van der Waals surface area (Å²) < 4.78 is 23.7. The highest BCUT2D eigenvalue weighted by Gasteiger charge is 2.28. The zero-order valence-electron chi connectivity index (χ0n) is 13.9.